The van der Waals surface area contributed by atoms with Crippen molar-refractivity contribution in [2.45, 2.75) is 0 Å². The van der Waals surface area contributed by atoms with Crippen molar-refractivity contribution in [3.8, 4) is 0 Å². The van der Waals surface area contributed by atoms with Crippen molar-refractivity contribution in [2.24, 2.45) is 0 Å². The van der Waals surface area contributed by atoms with Crippen LogP contribution in [0.15, 0.2) is 46.9 Å². The second kappa shape index (κ2) is 7.06. The number of aromatic carboxylic acids is 1. The van der Waals surface area contributed by atoms with Gasteiger partial charge in [0, 0.05) is 10.0 Å². The molecular weight excluding hydrogens is 366 g/mol. The van der Waals surface area contributed by atoms with Gasteiger partial charge in [0.1, 0.15) is 0 Å². The molecule has 0 unspecified atom stereocenters. The van der Waals surface area contributed by atoms with Crippen LogP contribution in [0.3, 0.4) is 0 Å². The molecule has 1 amide bonds. The second-order valence-electron chi connectivity index (χ2n) is 4.52. The van der Waals surface area contributed by atoms with E-state index in [1.807, 2.05) is 0 Å². The molecule has 0 aromatic heterocycles. The van der Waals surface area contributed by atoms with Crippen LogP contribution < -0.4 is 5.32 Å². The number of anilines is 1. The summed E-state index contributed by atoms with van der Waals surface area (Å²) in [6.45, 7) is 0. The van der Waals surface area contributed by atoms with E-state index in [9.17, 15) is 19.5 Å². The zero-order chi connectivity index (χ0) is 17.0. The average molecular weight is 378 g/mol. The van der Waals surface area contributed by atoms with Gasteiger partial charge in [-0.2, -0.15) is 0 Å². The third-order valence-corrected chi connectivity index (χ3v) is 3.52. The maximum atomic E-state index is 12.2. The van der Waals surface area contributed by atoms with Crippen LogP contribution in [0.25, 0.3) is 0 Å². The number of methoxy groups -OCH3 is 1. The van der Waals surface area contributed by atoms with E-state index < -0.39 is 17.8 Å². The standard InChI is InChI=1S/C16H12BrNO5/c1-23-16(22)10-4-2-9(3-5-10)14(19)18-13-7-6-11(17)8-12(13)15(20)21/h2-8H,1H3,(H,18,19)(H,20,21). The lowest BCUT2D eigenvalue weighted by molar-refractivity contribution is 0.0599. The van der Waals surface area contributed by atoms with Crippen molar-refractivity contribution in [1.29, 1.82) is 0 Å². The lowest BCUT2D eigenvalue weighted by Crippen LogP contribution is -2.15. The number of carboxylic acid groups (broad SMARTS) is 1. The quantitative estimate of drug-likeness (QED) is 0.798. The number of carbonyl (C=O) groups excluding carboxylic acids is 2. The number of carbonyl (C=O) groups is 3. The minimum Gasteiger partial charge on any atom is -0.478 e. The molecule has 0 saturated carbocycles. The van der Waals surface area contributed by atoms with Gasteiger partial charge in [-0.05, 0) is 42.5 Å². The first-order chi connectivity index (χ1) is 10.9. The number of halogens is 1. The summed E-state index contributed by atoms with van der Waals surface area (Å²) in [5, 5.41) is 11.7. The molecule has 7 heteroatoms. The molecule has 2 aromatic rings. The normalized spacial score (nSPS) is 10.0. The molecule has 0 aliphatic heterocycles. The molecule has 2 aromatic carbocycles. The van der Waals surface area contributed by atoms with Gasteiger partial charge >= 0.3 is 11.9 Å². The molecule has 2 N–H and O–H groups in total. The number of hydrogen-bond donors (Lipinski definition) is 2. The molecule has 118 valence electrons. The highest BCUT2D eigenvalue weighted by atomic mass is 79.9. The summed E-state index contributed by atoms with van der Waals surface area (Å²) in [6.07, 6.45) is 0. The molecular formula is C16H12BrNO5. The van der Waals surface area contributed by atoms with Crippen LogP contribution in [0, 0.1) is 0 Å². The fourth-order valence-electron chi connectivity index (χ4n) is 1.87. The predicted octanol–water partition coefficient (Wildman–Crippen LogP) is 3.19. The molecule has 0 bridgehead atoms. The molecule has 0 aliphatic carbocycles. The molecule has 0 fully saturated rings. The maximum absolute atomic E-state index is 12.2. The number of nitrogens with one attached hydrogen (secondary N) is 1. The fraction of sp³-hybridized carbons (Fsp3) is 0.0625. The third-order valence-electron chi connectivity index (χ3n) is 3.03. The predicted molar refractivity (Wildman–Crippen MR) is 86.8 cm³/mol. The minimum atomic E-state index is -1.15. The van der Waals surface area contributed by atoms with Crippen LogP contribution in [0.4, 0.5) is 5.69 Å². The average Bonchev–Trinajstić information content (AvgIpc) is 2.55. The summed E-state index contributed by atoms with van der Waals surface area (Å²) < 4.78 is 5.17. The van der Waals surface area contributed by atoms with Gasteiger partial charge in [-0.3, -0.25) is 4.79 Å². The van der Waals surface area contributed by atoms with Gasteiger partial charge in [-0.25, -0.2) is 9.59 Å². The van der Waals surface area contributed by atoms with Gasteiger partial charge in [0.05, 0.1) is 23.9 Å². The fourth-order valence-corrected chi connectivity index (χ4v) is 2.23. The van der Waals surface area contributed by atoms with Crippen molar-refractivity contribution < 1.29 is 24.2 Å². The van der Waals surface area contributed by atoms with Crippen molar-refractivity contribution in [1.82, 2.24) is 0 Å². The van der Waals surface area contributed by atoms with Crippen LogP contribution in [0.1, 0.15) is 31.1 Å². The minimum absolute atomic E-state index is 0.0288. The van der Waals surface area contributed by atoms with Crippen molar-refractivity contribution in [2.75, 3.05) is 12.4 Å². The van der Waals surface area contributed by atoms with Gasteiger partial charge in [-0.1, -0.05) is 15.9 Å². The molecule has 6 nitrogen and oxygen atoms in total. The van der Waals surface area contributed by atoms with Gasteiger partial charge < -0.3 is 15.2 Å². The van der Waals surface area contributed by atoms with E-state index in [0.717, 1.165) is 0 Å². The Morgan fingerprint density at radius 2 is 1.65 bits per heavy atom. The summed E-state index contributed by atoms with van der Waals surface area (Å²) in [6, 6.07) is 10.4. The number of ether oxygens (including phenoxy) is 1. The highest BCUT2D eigenvalue weighted by Crippen LogP contribution is 2.22. The van der Waals surface area contributed by atoms with Crippen LogP contribution in [0.2, 0.25) is 0 Å². The van der Waals surface area contributed by atoms with E-state index in [1.165, 1.54) is 43.5 Å². The summed E-state index contributed by atoms with van der Waals surface area (Å²) in [4.78, 5) is 34.8. The highest BCUT2D eigenvalue weighted by Gasteiger charge is 2.14. The maximum Gasteiger partial charge on any atom is 0.337 e. The Morgan fingerprint density at radius 1 is 1.04 bits per heavy atom. The van der Waals surface area contributed by atoms with Gasteiger partial charge in [0.25, 0.3) is 5.91 Å². The number of amides is 1. The van der Waals surface area contributed by atoms with Crippen molar-refractivity contribution in [3.05, 3.63) is 63.6 Å². The zero-order valence-electron chi connectivity index (χ0n) is 12.0. The lowest BCUT2D eigenvalue weighted by atomic mass is 10.1. The molecule has 0 radical (unpaired) electrons. The first kappa shape index (κ1) is 16.7. The van der Waals surface area contributed by atoms with E-state index in [0.29, 0.717) is 10.0 Å². The zero-order valence-corrected chi connectivity index (χ0v) is 13.6. The molecule has 0 atom stereocenters. The van der Waals surface area contributed by atoms with Gasteiger partial charge in [0.2, 0.25) is 0 Å². The van der Waals surface area contributed by atoms with E-state index >= 15 is 0 Å². The molecule has 0 aliphatic rings. The number of hydrogen-bond acceptors (Lipinski definition) is 4. The van der Waals surface area contributed by atoms with Gasteiger partial charge in [-0.15, -0.1) is 0 Å². The number of rotatable bonds is 4. The van der Waals surface area contributed by atoms with Crippen LogP contribution in [-0.2, 0) is 4.74 Å². The Labute approximate surface area is 140 Å². The first-order valence-electron chi connectivity index (χ1n) is 6.45. The topological polar surface area (TPSA) is 92.7 Å². The van der Waals surface area contributed by atoms with E-state index in [-0.39, 0.29) is 16.8 Å². The third kappa shape index (κ3) is 3.95. The number of benzene rings is 2. The Kier molecular flexibility index (Phi) is 5.13. The lowest BCUT2D eigenvalue weighted by Gasteiger charge is -2.09. The molecule has 0 saturated heterocycles. The SMILES string of the molecule is COC(=O)c1ccc(C(=O)Nc2ccc(Br)cc2C(=O)O)cc1. The summed E-state index contributed by atoms with van der Waals surface area (Å²) in [5.41, 5.74) is 0.762. The summed E-state index contributed by atoms with van der Waals surface area (Å²) >= 11 is 3.18. The van der Waals surface area contributed by atoms with Crippen molar-refractivity contribution >= 4 is 39.5 Å². The largest absolute Gasteiger partial charge is 0.478 e. The molecule has 0 spiro atoms. The smallest absolute Gasteiger partial charge is 0.337 e. The Morgan fingerprint density at radius 3 is 2.22 bits per heavy atom. The van der Waals surface area contributed by atoms with Crippen LogP contribution in [-0.4, -0.2) is 30.1 Å². The molecule has 23 heavy (non-hydrogen) atoms. The van der Waals surface area contributed by atoms with Crippen LogP contribution in [0.5, 0.6) is 0 Å². The van der Waals surface area contributed by atoms with Crippen molar-refractivity contribution in [3.63, 3.8) is 0 Å². The Hall–Kier alpha value is -2.67. The van der Waals surface area contributed by atoms with Crippen LogP contribution >= 0.6 is 15.9 Å². The number of carboxylic acids is 1. The monoisotopic (exact) mass is 377 g/mol. The van der Waals surface area contributed by atoms with Gasteiger partial charge in [0.15, 0.2) is 0 Å². The molecule has 0 heterocycles. The Bertz CT molecular complexity index is 771. The highest BCUT2D eigenvalue weighted by molar-refractivity contribution is 9.10. The van der Waals surface area contributed by atoms with E-state index in [2.05, 4.69) is 26.0 Å². The summed E-state index contributed by atoms with van der Waals surface area (Å²) in [7, 11) is 1.27. The molecule has 2 rings (SSSR count). The Balaban J connectivity index is 2.22. The first-order valence-corrected chi connectivity index (χ1v) is 7.24. The number of esters is 1. The van der Waals surface area contributed by atoms with E-state index in [1.54, 1.807) is 6.07 Å². The van der Waals surface area contributed by atoms with E-state index in [4.69, 9.17) is 0 Å². The summed E-state index contributed by atoms with van der Waals surface area (Å²) in [5.74, 6) is -2.13. The second-order valence-corrected chi connectivity index (χ2v) is 5.43.